The van der Waals surface area contributed by atoms with E-state index in [-0.39, 0.29) is 0 Å². The molecule has 2 N–H and O–H groups in total. The summed E-state index contributed by atoms with van der Waals surface area (Å²) in [4.78, 5) is 0. The van der Waals surface area contributed by atoms with Crippen LogP contribution in [0.5, 0.6) is 0 Å². The molecule has 0 aliphatic heterocycles. The molecule has 120 valence electrons. The second kappa shape index (κ2) is 9.82. The molecule has 1 rings (SSSR count). The van der Waals surface area contributed by atoms with Gasteiger partial charge in [0.1, 0.15) is 0 Å². The maximum atomic E-state index is 12.6. The fourth-order valence-electron chi connectivity index (χ4n) is 2.44. The minimum absolute atomic E-state index is 0.542. The molecule has 1 nitrogen and oxygen atoms in total. The van der Waals surface area contributed by atoms with Crippen LogP contribution < -0.4 is 5.73 Å². The van der Waals surface area contributed by atoms with E-state index in [1.165, 1.54) is 44.2 Å². The van der Waals surface area contributed by atoms with Gasteiger partial charge in [0.2, 0.25) is 0 Å². The number of hydrogen-bond acceptors (Lipinski definition) is 1. The normalized spacial score (nSPS) is 11.8. The fraction of sp³-hybridized carbons (Fsp3) is 0.647. The highest BCUT2D eigenvalue weighted by molar-refractivity contribution is 5.25. The van der Waals surface area contributed by atoms with Crippen LogP contribution in [0.2, 0.25) is 0 Å². The van der Waals surface area contributed by atoms with E-state index in [0.29, 0.717) is 0 Å². The number of nitrogens with two attached hydrogens (primary N) is 1. The summed E-state index contributed by atoms with van der Waals surface area (Å²) >= 11 is 0. The quantitative estimate of drug-likeness (QED) is 0.581. The first-order valence-corrected chi connectivity index (χ1v) is 7.90. The van der Waals surface area contributed by atoms with Crippen molar-refractivity contribution in [2.45, 2.75) is 64.0 Å². The number of hydrogen-bond donors (Lipinski definition) is 1. The van der Waals surface area contributed by atoms with Crippen LogP contribution in [-0.4, -0.2) is 6.54 Å². The molecule has 0 radical (unpaired) electrons. The van der Waals surface area contributed by atoms with E-state index < -0.39 is 11.7 Å². The predicted octanol–water partition coefficient (Wildman–Crippen LogP) is 5.33. The number of alkyl halides is 3. The Hall–Kier alpha value is -1.03. The van der Waals surface area contributed by atoms with E-state index in [4.69, 9.17) is 5.73 Å². The first-order chi connectivity index (χ1) is 10.0. The summed E-state index contributed by atoms with van der Waals surface area (Å²) in [5.41, 5.74) is 5.67. The van der Waals surface area contributed by atoms with E-state index in [9.17, 15) is 13.2 Å². The van der Waals surface area contributed by atoms with Gasteiger partial charge in [-0.05, 0) is 37.4 Å². The Kier molecular flexibility index (Phi) is 8.43. The van der Waals surface area contributed by atoms with E-state index >= 15 is 0 Å². The second-order valence-corrected chi connectivity index (χ2v) is 5.57. The highest BCUT2D eigenvalue weighted by Gasteiger charge is 2.30. The summed E-state index contributed by atoms with van der Waals surface area (Å²) in [6, 6.07) is 5.68. The zero-order chi connectivity index (χ0) is 15.6. The lowest BCUT2D eigenvalue weighted by molar-refractivity contribution is -0.137. The molecule has 0 fully saturated rings. The third-order valence-electron chi connectivity index (χ3n) is 3.67. The van der Waals surface area contributed by atoms with Crippen LogP contribution >= 0.6 is 0 Å². The molecule has 0 saturated carbocycles. The molecule has 0 amide bonds. The van der Waals surface area contributed by atoms with Gasteiger partial charge in [0.25, 0.3) is 0 Å². The molecule has 4 heteroatoms. The van der Waals surface area contributed by atoms with Crippen molar-refractivity contribution in [3.8, 4) is 0 Å². The van der Waals surface area contributed by atoms with E-state index in [1.54, 1.807) is 6.07 Å². The lowest BCUT2D eigenvalue weighted by Gasteiger charge is -2.08. The zero-order valence-electron chi connectivity index (χ0n) is 12.6. The predicted molar refractivity (Wildman–Crippen MR) is 81.1 cm³/mol. The minimum atomic E-state index is -4.24. The highest BCUT2D eigenvalue weighted by atomic mass is 19.4. The molecule has 1 aromatic carbocycles. The van der Waals surface area contributed by atoms with Crippen LogP contribution in [0.25, 0.3) is 0 Å². The van der Waals surface area contributed by atoms with E-state index in [1.807, 2.05) is 0 Å². The van der Waals surface area contributed by atoms with E-state index in [2.05, 4.69) is 0 Å². The maximum Gasteiger partial charge on any atom is 0.416 e. The number of halogens is 3. The number of benzene rings is 1. The Morgan fingerprint density at radius 1 is 0.810 bits per heavy atom. The van der Waals surface area contributed by atoms with Crippen molar-refractivity contribution in [2.75, 3.05) is 6.54 Å². The molecule has 0 unspecified atom stereocenters. The summed E-state index contributed by atoms with van der Waals surface area (Å²) in [7, 11) is 0. The van der Waals surface area contributed by atoms with Gasteiger partial charge in [0, 0.05) is 0 Å². The van der Waals surface area contributed by atoms with Crippen molar-refractivity contribution in [1.82, 2.24) is 0 Å². The molecule has 0 saturated heterocycles. The molecule has 0 atom stereocenters. The van der Waals surface area contributed by atoms with Gasteiger partial charge in [-0.3, -0.25) is 0 Å². The average molecular weight is 301 g/mol. The summed E-state index contributed by atoms with van der Waals surface area (Å²) in [5.74, 6) is 0. The Morgan fingerprint density at radius 2 is 1.38 bits per heavy atom. The van der Waals surface area contributed by atoms with Gasteiger partial charge in [0.05, 0.1) is 5.56 Å². The van der Waals surface area contributed by atoms with E-state index in [0.717, 1.165) is 43.9 Å². The Labute approximate surface area is 125 Å². The SMILES string of the molecule is NCCCCCCCCCCc1cccc(C(F)(F)F)c1. The average Bonchev–Trinajstić information content (AvgIpc) is 2.45. The molecule has 0 aromatic heterocycles. The standard InChI is InChI=1S/C17H26F3N/c18-17(19,20)16-12-9-11-15(14-16)10-7-5-3-1-2-4-6-8-13-21/h9,11-12,14H,1-8,10,13,21H2. The lowest BCUT2D eigenvalue weighted by Crippen LogP contribution is -2.05. The maximum absolute atomic E-state index is 12.6. The van der Waals surface area contributed by atoms with Gasteiger partial charge in [-0.1, -0.05) is 56.7 Å². The van der Waals surface area contributed by atoms with Gasteiger partial charge >= 0.3 is 6.18 Å². The van der Waals surface area contributed by atoms with Crippen molar-refractivity contribution in [3.63, 3.8) is 0 Å². The topological polar surface area (TPSA) is 26.0 Å². The summed E-state index contributed by atoms with van der Waals surface area (Å²) < 4.78 is 37.7. The molecule has 0 heterocycles. The van der Waals surface area contributed by atoms with Crippen LogP contribution in [0.4, 0.5) is 13.2 Å². The van der Waals surface area contributed by atoms with Crippen LogP contribution in [0.15, 0.2) is 24.3 Å². The molecule has 0 spiro atoms. The third-order valence-corrected chi connectivity index (χ3v) is 3.67. The first kappa shape index (κ1) is 18.0. The van der Waals surface area contributed by atoms with Crippen LogP contribution in [0, 0.1) is 0 Å². The van der Waals surface area contributed by atoms with Crippen molar-refractivity contribution in [1.29, 1.82) is 0 Å². The molecule has 0 aliphatic rings. The largest absolute Gasteiger partial charge is 0.416 e. The van der Waals surface area contributed by atoms with Gasteiger partial charge < -0.3 is 5.73 Å². The molecule has 0 aliphatic carbocycles. The molecule has 21 heavy (non-hydrogen) atoms. The van der Waals surface area contributed by atoms with Gasteiger partial charge in [-0.15, -0.1) is 0 Å². The van der Waals surface area contributed by atoms with Crippen molar-refractivity contribution < 1.29 is 13.2 Å². The molecule has 1 aromatic rings. The zero-order valence-corrected chi connectivity index (χ0v) is 12.6. The monoisotopic (exact) mass is 301 g/mol. The molecular formula is C17H26F3N. The van der Waals surface area contributed by atoms with Crippen molar-refractivity contribution in [3.05, 3.63) is 35.4 Å². The summed E-state index contributed by atoms with van der Waals surface area (Å²) in [6.45, 7) is 0.775. The van der Waals surface area contributed by atoms with Crippen molar-refractivity contribution in [2.24, 2.45) is 5.73 Å². The number of unbranched alkanes of at least 4 members (excludes halogenated alkanes) is 7. The molecular weight excluding hydrogens is 275 g/mol. The highest BCUT2D eigenvalue weighted by Crippen LogP contribution is 2.29. The number of aryl methyl sites for hydroxylation is 1. The second-order valence-electron chi connectivity index (χ2n) is 5.57. The Bertz CT molecular complexity index is 388. The molecule has 0 bridgehead atoms. The number of rotatable bonds is 10. The summed E-state index contributed by atoms with van der Waals surface area (Å²) in [6.07, 6.45) is 5.73. The van der Waals surface area contributed by atoms with Gasteiger partial charge in [-0.25, -0.2) is 0 Å². The lowest BCUT2D eigenvalue weighted by atomic mass is 10.0. The van der Waals surface area contributed by atoms with Crippen molar-refractivity contribution >= 4 is 0 Å². The fourth-order valence-corrected chi connectivity index (χ4v) is 2.44. The van der Waals surface area contributed by atoms with Crippen LogP contribution in [-0.2, 0) is 12.6 Å². The summed E-state index contributed by atoms with van der Waals surface area (Å²) in [5, 5.41) is 0. The Morgan fingerprint density at radius 3 is 1.95 bits per heavy atom. The van der Waals surface area contributed by atoms with Gasteiger partial charge in [-0.2, -0.15) is 13.2 Å². The smallest absolute Gasteiger partial charge is 0.330 e. The minimum Gasteiger partial charge on any atom is -0.330 e. The van der Waals surface area contributed by atoms with Crippen LogP contribution in [0.3, 0.4) is 0 Å². The first-order valence-electron chi connectivity index (χ1n) is 7.90. The Balaban J connectivity index is 2.13. The van der Waals surface area contributed by atoms with Crippen LogP contribution in [0.1, 0.15) is 62.5 Å². The van der Waals surface area contributed by atoms with Gasteiger partial charge in [0.15, 0.2) is 0 Å². The third kappa shape index (κ3) is 8.10.